The molecular weight excluding hydrogens is 346 g/mol. The van der Waals surface area contributed by atoms with Gasteiger partial charge >= 0.3 is 0 Å². The van der Waals surface area contributed by atoms with Crippen molar-refractivity contribution in [1.29, 1.82) is 0 Å². The summed E-state index contributed by atoms with van der Waals surface area (Å²) >= 11 is 0. The van der Waals surface area contributed by atoms with Crippen LogP contribution in [0.5, 0.6) is 23.0 Å². The van der Waals surface area contributed by atoms with Crippen molar-refractivity contribution in [3.63, 3.8) is 0 Å². The van der Waals surface area contributed by atoms with E-state index < -0.39 is 0 Å². The van der Waals surface area contributed by atoms with Gasteiger partial charge in [0, 0.05) is 6.54 Å². The second-order valence-electron chi connectivity index (χ2n) is 6.71. The highest BCUT2D eigenvalue weighted by Crippen LogP contribution is 2.45. The molecule has 6 nitrogen and oxygen atoms in total. The van der Waals surface area contributed by atoms with Crippen molar-refractivity contribution < 1.29 is 23.7 Å². The molecule has 2 aliphatic heterocycles. The maximum atomic E-state index is 13.3. The number of hydrogen-bond donors (Lipinski definition) is 0. The average Bonchev–Trinajstić information content (AvgIpc) is 2.71. The summed E-state index contributed by atoms with van der Waals surface area (Å²) in [5, 5.41) is 0. The summed E-state index contributed by atoms with van der Waals surface area (Å²) in [5.74, 6) is 2.48. The van der Waals surface area contributed by atoms with E-state index in [2.05, 4.69) is 0 Å². The van der Waals surface area contributed by atoms with Gasteiger partial charge < -0.3 is 23.8 Å². The van der Waals surface area contributed by atoms with Crippen LogP contribution < -0.4 is 18.9 Å². The molecule has 2 aliphatic rings. The van der Waals surface area contributed by atoms with Crippen molar-refractivity contribution in [2.24, 2.45) is 0 Å². The highest BCUT2D eigenvalue weighted by molar-refractivity contribution is 6.01. The van der Waals surface area contributed by atoms with E-state index in [9.17, 15) is 4.79 Å². The number of ether oxygens (including phenoxy) is 4. The lowest BCUT2D eigenvalue weighted by molar-refractivity contribution is 0.0626. The maximum Gasteiger partial charge on any atom is 0.258 e. The second kappa shape index (κ2) is 6.68. The van der Waals surface area contributed by atoms with Gasteiger partial charge in [-0.25, -0.2) is 0 Å². The van der Waals surface area contributed by atoms with Gasteiger partial charge in [0.05, 0.1) is 40.0 Å². The quantitative estimate of drug-likeness (QED) is 0.829. The molecule has 0 unspecified atom stereocenters. The number of nitrogens with zero attached hydrogens (tertiary/aromatic N) is 1. The standard InChI is InChI=1S/C21H23NO5/c1-24-16-6-5-13-9-15-14-11-18(26-3)17(25-2)10-12(14)7-8-22(15)21(23)19(13)20(16)27-4/h5-6,10-11,15H,7-9H2,1-4H3/t15-/m0/s1. The van der Waals surface area contributed by atoms with Crippen molar-refractivity contribution in [3.05, 3.63) is 46.5 Å². The van der Waals surface area contributed by atoms with E-state index in [1.165, 1.54) is 5.56 Å². The van der Waals surface area contributed by atoms with Gasteiger partial charge in [0.15, 0.2) is 23.0 Å². The lowest BCUT2D eigenvalue weighted by atomic mass is 9.83. The van der Waals surface area contributed by atoms with E-state index >= 15 is 0 Å². The van der Waals surface area contributed by atoms with Crippen LogP contribution >= 0.6 is 0 Å². The molecule has 0 saturated carbocycles. The van der Waals surface area contributed by atoms with Crippen LogP contribution in [0.4, 0.5) is 0 Å². The molecule has 2 heterocycles. The van der Waals surface area contributed by atoms with Gasteiger partial charge in [-0.15, -0.1) is 0 Å². The zero-order valence-corrected chi connectivity index (χ0v) is 16.0. The SMILES string of the molecule is COc1cc2c(cc1OC)[C@@H]1Cc3ccc(OC)c(OC)c3C(=O)N1CC2. The largest absolute Gasteiger partial charge is 0.493 e. The van der Waals surface area contributed by atoms with Crippen LogP contribution in [0.1, 0.15) is 33.1 Å². The molecule has 0 N–H and O–H groups in total. The molecule has 0 spiro atoms. The smallest absolute Gasteiger partial charge is 0.258 e. The highest BCUT2D eigenvalue weighted by atomic mass is 16.5. The molecule has 0 aromatic heterocycles. The van der Waals surface area contributed by atoms with Crippen LogP contribution in [0.15, 0.2) is 24.3 Å². The van der Waals surface area contributed by atoms with Gasteiger partial charge in [0.1, 0.15) is 0 Å². The zero-order valence-electron chi connectivity index (χ0n) is 16.0. The molecule has 0 fully saturated rings. The topological polar surface area (TPSA) is 57.2 Å². The number of methoxy groups -OCH3 is 4. The minimum absolute atomic E-state index is 0.0163. The summed E-state index contributed by atoms with van der Waals surface area (Å²) in [6.45, 7) is 0.659. The van der Waals surface area contributed by atoms with Crippen LogP contribution in [0.2, 0.25) is 0 Å². The summed E-state index contributed by atoms with van der Waals surface area (Å²) in [6, 6.07) is 7.83. The molecule has 142 valence electrons. The number of benzene rings is 2. The number of fused-ring (bicyclic) bond motifs is 4. The molecule has 0 saturated heterocycles. The van der Waals surface area contributed by atoms with Crippen LogP contribution in [0.25, 0.3) is 0 Å². The van der Waals surface area contributed by atoms with E-state index in [1.807, 2.05) is 29.2 Å². The molecule has 0 bridgehead atoms. The molecular formula is C21H23NO5. The van der Waals surface area contributed by atoms with Crippen LogP contribution in [-0.2, 0) is 12.8 Å². The monoisotopic (exact) mass is 369 g/mol. The fraction of sp³-hybridized carbons (Fsp3) is 0.381. The van der Waals surface area contributed by atoms with Crippen LogP contribution in [0, 0.1) is 0 Å². The summed E-state index contributed by atoms with van der Waals surface area (Å²) in [7, 11) is 6.42. The van der Waals surface area contributed by atoms with Gasteiger partial charge in [0.2, 0.25) is 0 Å². The van der Waals surface area contributed by atoms with E-state index in [-0.39, 0.29) is 11.9 Å². The Hall–Kier alpha value is -2.89. The highest BCUT2D eigenvalue weighted by Gasteiger charge is 2.39. The number of carbonyl (C=O) groups is 1. The maximum absolute atomic E-state index is 13.3. The van der Waals surface area contributed by atoms with Crippen molar-refractivity contribution in [2.75, 3.05) is 35.0 Å². The Labute approximate surface area is 158 Å². The lowest BCUT2D eigenvalue weighted by Crippen LogP contribution is -2.44. The number of hydrogen-bond acceptors (Lipinski definition) is 5. The number of rotatable bonds is 4. The lowest BCUT2D eigenvalue weighted by Gasteiger charge is -2.41. The molecule has 1 amide bonds. The third kappa shape index (κ3) is 2.59. The first kappa shape index (κ1) is 17.5. The van der Waals surface area contributed by atoms with Crippen molar-refractivity contribution in [1.82, 2.24) is 4.90 Å². The summed E-state index contributed by atoms with van der Waals surface area (Å²) < 4.78 is 21.8. The van der Waals surface area contributed by atoms with Crippen molar-refractivity contribution >= 4 is 5.91 Å². The van der Waals surface area contributed by atoms with Crippen LogP contribution in [0.3, 0.4) is 0 Å². The first-order valence-electron chi connectivity index (χ1n) is 8.92. The number of amides is 1. The average molecular weight is 369 g/mol. The third-order valence-corrected chi connectivity index (χ3v) is 5.52. The van der Waals surface area contributed by atoms with Crippen LogP contribution in [-0.4, -0.2) is 45.8 Å². The van der Waals surface area contributed by atoms with Gasteiger partial charge in [-0.3, -0.25) is 4.79 Å². The molecule has 0 aliphatic carbocycles. The first-order chi connectivity index (χ1) is 13.1. The molecule has 27 heavy (non-hydrogen) atoms. The third-order valence-electron chi connectivity index (χ3n) is 5.52. The predicted molar refractivity (Wildman–Crippen MR) is 100 cm³/mol. The Balaban J connectivity index is 1.83. The fourth-order valence-corrected chi connectivity index (χ4v) is 4.22. The zero-order chi connectivity index (χ0) is 19.1. The molecule has 0 radical (unpaired) electrons. The molecule has 4 rings (SSSR count). The number of carbonyl (C=O) groups excluding carboxylic acids is 1. The van der Waals surface area contributed by atoms with Gasteiger partial charge in [-0.1, -0.05) is 6.07 Å². The molecule has 6 heteroatoms. The Kier molecular flexibility index (Phi) is 4.34. The van der Waals surface area contributed by atoms with Crippen molar-refractivity contribution in [2.45, 2.75) is 18.9 Å². The Morgan fingerprint density at radius 3 is 2.26 bits per heavy atom. The molecule has 2 aromatic rings. The normalized spacial score (nSPS) is 17.6. The van der Waals surface area contributed by atoms with Crippen molar-refractivity contribution in [3.8, 4) is 23.0 Å². The molecule has 1 atom stereocenters. The van der Waals surface area contributed by atoms with E-state index in [0.717, 1.165) is 29.7 Å². The summed E-state index contributed by atoms with van der Waals surface area (Å²) in [4.78, 5) is 15.2. The van der Waals surface area contributed by atoms with Gasteiger partial charge in [-0.05, 0) is 47.7 Å². The summed E-state index contributed by atoms with van der Waals surface area (Å²) in [5.41, 5.74) is 3.90. The minimum Gasteiger partial charge on any atom is -0.493 e. The van der Waals surface area contributed by atoms with Gasteiger partial charge in [-0.2, -0.15) is 0 Å². The van der Waals surface area contributed by atoms with E-state index in [0.29, 0.717) is 29.4 Å². The second-order valence-corrected chi connectivity index (χ2v) is 6.71. The fourth-order valence-electron chi connectivity index (χ4n) is 4.22. The minimum atomic E-state index is -0.0216. The Morgan fingerprint density at radius 2 is 1.59 bits per heavy atom. The first-order valence-corrected chi connectivity index (χ1v) is 8.92. The Morgan fingerprint density at radius 1 is 0.889 bits per heavy atom. The predicted octanol–water partition coefficient (Wildman–Crippen LogP) is 3.02. The summed E-state index contributed by atoms with van der Waals surface area (Å²) in [6.07, 6.45) is 1.50. The van der Waals surface area contributed by atoms with E-state index in [1.54, 1.807) is 28.4 Å². The molecule has 2 aromatic carbocycles. The van der Waals surface area contributed by atoms with E-state index in [4.69, 9.17) is 18.9 Å². The Bertz CT molecular complexity index is 908. The van der Waals surface area contributed by atoms with Gasteiger partial charge in [0.25, 0.3) is 5.91 Å².